The van der Waals surface area contributed by atoms with Gasteiger partial charge >= 0.3 is 0 Å². The van der Waals surface area contributed by atoms with Crippen LogP contribution in [-0.4, -0.2) is 60.3 Å². The van der Waals surface area contributed by atoms with E-state index in [4.69, 9.17) is 0 Å². The molecule has 15 heavy (non-hydrogen) atoms. The van der Waals surface area contributed by atoms with Crippen molar-refractivity contribution in [2.75, 3.05) is 32.7 Å². The summed E-state index contributed by atoms with van der Waals surface area (Å²) in [5.74, 6) is 0.111. The highest BCUT2D eigenvalue weighted by Crippen LogP contribution is 2.20. The fraction of sp³-hybridized carbons (Fsp3) is 0.900. The summed E-state index contributed by atoms with van der Waals surface area (Å²) < 4.78 is 0. The van der Waals surface area contributed by atoms with E-state index in [1.807, 2.05) is 0 Å². The quantitative estimate of drug-likeness (QED) is 0.498. The van der Waals surface area contributed by atoms with Crippen LogP contribution in [0.15, 0.2) is 0 Å². The molecule has 2 rings (SSSR count). The second-order valence-electron chi connectivity index (χ2n) is 4.72. The molecule has 0 aromatic carbocycles. The molecule has 0 saturated carbocycles. The van der Waals surface area contributed by atoms with Crippen molar-refractivity contribution in [2.24, 2.45) is 0 Å². The Kier molecular flexibility index (Phi) is 2.95. The van der Waals surface area contributed by atoms with E-state index in [0.717, 1.165) is 13.1 Å². The van der Waals surface area contributed by atoms with Gasteiger partial charge in [0.1, 0.15) is 0 Å². The van der Waals surface area contributed by atoms with Crippen molar-refractivity contribution in [1.29, 1.82) is 0 Å². The molecule has 2 aliphatic rings. The van der Waals surface area contributed by atoms with Gasteiger partial charge in [-0.15, -0.1) is 0 Å². The van der Waals surface area contributed by atoms with Crippen molar-refractivity contribution < 1.29 is 9.90 Å². The van der Waals surface area contributed by atoms with E-state index in [1.165, 1.54) is 0 Å². The second kappa shape index (κ2) is 4.08. The molecular weight excluding hydrogens is 194 g/mol. The summed E-state index contributed by atoms with van der Waals surface area (Å²) in [6.07, 6.45) is 0.679. The summed E-state index contributed by atoms with van der Waals surface area (Å²) in [5.41, 5.74) is -0.697. The number of amides is 1. The van der Waals surface area contributed by atoms with Gasteiger partial charge in [-0.3, -0.25) is 4.79 Å². The van der Waals surface area contributed by atoms with Crippen molar-refractivity contribution in [3.63, 3.8) is 0 Å². The molecule has 5 nitrogen and oxygen atoms in total. The minimum atomic E-state index is -0.697. The number of nitrogens with zero attached hydrogens (tertiary/aromatic N) is 1. The third-order valence-electron chi connectivity index (χ3n) is 3.10. The average molecular weight is 213 g/mol. The van der Waals surface area contributed by atoms with Crippen LogP contribution in [-0.2, 0) is 4.79 Å². The van der Waals surface area contributed by atoms with Gasteiger partial charge in [-0.2, -0.15) is 0 Å². The Morgan fingerprint density at radius 2 is 2.33 bits per heavy atom. The zero-order chi connectivity index (χ0) is 10.9. The maximum atomic E-state index is 12.0. The molecule has 2 unspecified atom stereocenters. The Balaban J connectivity index is 1.90. The van der Waals surface area contributed by atoms with Gasteiger partial charge in [-0.25, -0.2) is 0 Å². The molecular formula is C10H19N3O2. The highest BCUT2D eigenvalue weighted by molar-refractivity contribution is 5.82. The zero-order valence-electron chi connectivity index (χ0n) is 9.12. The van der Waals surface area contributed by atoms with Crippen LogP contribution in [0.4, 0.5) is 0 Å². The highest BCUT2D eigenvalue weighted by Gasteiger charge is 2.36. The lowest BCUT2D eigenvalue weighted by Gasteiger charge is -2.28. The molecule has 1 amide bonds. The Labute approximate surface area is 89.8 Å². The number of piperazine rings is 1. The molecule has 2 heterocycles. The van der Waals surface area contributed by atoms with E-state index in [0.29, 0.717) is 26.1 Å². The minimum Gasteiger partial charge on any atom is -0.388 e. The number of nitrogens with one attached hydrogen (secondary N) is 2. The third-order valence-corrected chi connectivity index (χ3v) is 3.10. The fourth-order valence-corrected chi connectivity index (χ4v) is 2.18. The van der Waals surface area contributed by atoms with Crippen molar-refractivity contribution >= 4 is 5.91 Å². The second-order valence-corrected chi connectivity index (χ2v) is 4.72. The van der Waals surface area contributed by atoms with E-state index in [-0.39, 0.29) is 11.9 Å². The summed E-state index contributed by atoms with van der Waals surface area (Å²) in [6.45, 7) is 5.36. The van der Waals surface area contributed by atoms with E-state index in [2.05, 4.69) is 10.6 Å². The number of carbonyl (C=O) groups excluding carboxylic acids is 1. The van der Waals surface area contributed by atoms with Crippen LogP contribution in [0.3, 0.4) is 0 Å². The van der Waals surface area contributed by atoms with E-state index in [1.54, 1.807) is 11.8 Å². The molecule has 0 bridgehead atoms. The van der Waals surface area contributed by atoms with E-state index < -0.39 is 5.60 Å². The average Bonchev–Trinajstić information content (AvgIpc) is 2.59. The maximum absolute atomic E-state index is 12.0. The molecule has 2 saturated heterocycles. The van der Waals surface area contributed by atoms with Crippen molar-refractivity contribution in [1.82, 2.24) is 15.5 Å². The van der Waals surface area contributed by atoms with Gasteiger partial charge in [-0.05, 0) is 13.3 Å². The Bertz CT molecular complexity index is 249. The molecule has 2 atom stereocenters. The smallest absolute Gasteiger partial charge is 0.241 e. The van der Waals surface area contributed by atoms with Crippen LogP contribution >= 0.6 is 0 Å². The number of hydrogen-bond donors (Lipinski definition) is 3. The lowest BCUT2D eigenvalue weighted by atomic mass is 10.1. The third kappa shape index (κ3) is 2.48. The summed E-state index contributed by atoms with van der Waals surface area (Å²) in [4.78, 5) is 13.8. The van der Waals surface area contributed by atoms with Crippen LogP contribution in [0.25, 0.3) is 0 Å². The van der Waals surface area contributed by atoms with Gasteiger partial charge in [0, 0.05) is 32.7 Å². The standard InChI is InChI=1S/C10H19N3O2/c1-10(15)2-5-13(7-10)9(14)8-6-11-3-4-12-8/h8,11-12,15H,2-7H2,1H3. The summed E-state index contributed by atoms with van der Waals surface area (Å²) in [6, 6.07) is -0.118. The van der Waals surface area contributed by atoms with E-state index >= 15 is 0 Å². The molecule has 0 radical (unpaired) electrons. The van der Waals surface area contributed by atoms with Crippen LogP contribution in [0.1, 0.15) is 13.3 Å². The number of carbonyl (C=O) groups is 1. The lowest BCUT2D eigenvalue weighted by Crippen LogP contribution is -2.56. The van der Waals surface area contributed by atoms with Gasteiger partial charge in [0.25, 0.3) is 0 Å². The number of likely N-dealkylation sites (tertiary alicyclic amines) is 1. The first-order valence-electron chi connectivity index (χ1n) is 5.54. The topological polar surface area (TPSA) is 64.6 Å². The van der Waals surface area contributed by atoms with Crippen molar-refractivity contribution in [3.8, 4) is 0 Å². The number of hydrogen-bond acceptors (Lipinski definition) is 4. The molecule has 3 N–H and O–H groups in total. The van der Waals surface area contributed by atoms with Gasteiger partial charge in [0.15, 0.2) is 0 Å². The molecule has 0 aliphatic carbocycles. The highest BCUT2D eigenvalue weighted by atomic mass is 16.3. The summed E-state index contributed by atoms with van der Waals surface area (Å²) >= 11 is 0. The number of rotatable bonds is 1. The first-order chi connectivity index (χ1) is 7.08. The molecule has 86 valence electrons. The van der Waals surface area contributed by atoms with Crippen molar-refractivity contribution in [3.05, 3.63) is 0 Å². The van der Waals surface area contributed by atoms with Gasteiger partial charge in [0.2, 0.25) is 5.91 Å². The normalized spacial score (nSPS) is 36.9. The maximum Gasteiger partial charge on any atom is 0.241 e. The van der Waals surface area contributed by atoms with Gasteiger partial charge in [-0.1, -0.05) is 0 Å². The molecule has 2 fully saturated rings. The molecule has 2 aliphatic heterocycles. The predicted octanol–water partition coefficient (Wildman–Crippen LogP) is -1.47. The molecule has 0 aromatic rings. The Morgan fingerprint density at radius 1 is 1.53 bits per heavy atom. The number of aliphatic hydroxyl groups is 1. The Morgan fingerprint density at radius 3 is 2.87 bits per heavy atom. The lowest BCUT2D eigenvalue weighted by molar-refractivity contribution is -0.133. The summed E-state index contributed by atoms with van der Waals surface area (Å²) in [7, 11) is 0. The molecule has 5 heteroatoms. The van der Waals surface area contributed by atoms with Crippen molar-refractivity contribution in [2.45, 2.75) is 25.0 Å². The number of β-amino-alcohol motifs (C(OH)–C–C–N with tert-alkyl or cyclic N) is 1. The monoisotopic (exact) mass is 213 g/mol. The largest absolute Gasteiger partial charge is 0.388 e. The summed E-state index contributed by atoms with van der Waals surface area (Å²) in [5, 5.41) is 16.2. The Hall–Kier alpha value is -0.650. The van der Waals surface area contributed by atoms with Crippen LogP contribution in [0.2, 0.25) is 0 Å². The molecule has 0 aromatic heterocycles. The van der Waals surface area contributed by atoms with Crippen LogP contribution in [0.5, 0.6) is 0 Å². The molecule has 0 spiro atoms. The minimum absolute atomic E-state index is 0.111. The zero-order valence-corrected chi connectivity index (χ0v) is 9.12. The fourth-order valence-electron chi connectivity index (χ4n) is 2.18. The van der Waals surface area contributed by atoms with Gasteiger partial charge < -0.3 is 20.6 Å². The van der Waals surface area contributed by atoms with Crippen LogP contribution < -0.4 is 10.6 Å². The first-order valence-corrected chi connectivity index (χ1v) is 5.54. The first kappa shape index (κ1) is 10.9. The predicted molar refractivity (Wildman–Crippen MR) is 56.5 cm³/mol. The van der Waals surface area contributed by atoms with E-state index in [9.17, 15) is 9.90 Å². The SMILES string of the molecule is CC1(O)CCN(C(=O)C2CNCCN2)C1. The van der Waals surface area contributed by atoms with Gasteiger partial charge in [0.05, 0.1) is 11.6 Å². The van der Waals surface area contributed by atoms with Crippen LogP contribution in [0, 0.1) is 0 Å².